The van der Waals surface area contributed by atoms with E-state index in [0.29, 0.717) is 67.3 Å². The Kier molecular flexibility index (Phi) is 17.3. The van der Waals surface area contributed by atoms with Crippen molar-refractivity contribution >= 4 is 62.9 Å². The number of carbonyl (C=O) groups excluding carboxylic acids is 3. The van der Waals surface area contributed by atoms with Crippen LogP contribution in [-0.2, 0) is 25.5 Å². The smallest absolute Gasteiger partial charge is 0.319 e. The number of halogens is 1. The highest BCUT2D eigenvalue weighted by molar-refractivity contribution is 7.13. The fraction of sp³-hybridized carbons (Fsp3) is 0.508. The lowest BCUT2D eigenvalue weighted by molar-refractivity contribution is -0.141. The third-order valence-electron chi connectivity index (χ3n) is 18.9. The van der Waals surface area contributed by atoms with Crippen molar-refractivity contribution in [1.82, 2.24) is 50.4 Å². The van der Waals surface area contributed by atoms with Crippen LogP contribution in [0.1, 0.15) is 114 Å². The van der Waals surface area contributed by atoms with Gasteiger partial charge in [0.1, 0.15) is 48.0 Å². The predicted octanol–water partition coefficient (Wildman–Crippen LogP) is 9.21. The van der Waals surface area contributed by atoms with Gasteiger partial charge in [0.15, 0.2) is 17.4 Å². The van der Waals surface area contributed by atoms with E-state index < -0.39 is 17.8 Å². The SMILES string of the molecule is CCc1cccc2cc(O)cc(-c3ncc4c(N5CC6CCC(C5)N6)nc(OCC56CCCN5C(COC=O)CC6)nc4c3F)c12.Cc1ncsc1-c1ccc(C(C)NC(=O)C2CCCN2C(=O)C(c2cc(N3CCN(C)CC3)no2)C(C)C)cc1. The summed E-state index contributed by atoms with van der Waals surface area (Å²) in [5.41, 5.74) is 6.70. The minimum atomic E-state index is -0.561. The number of likely N-dealkylation sites (N-methyl/N-ethyl adjacent to an activating group) is 1. The first kappa shape index (κ1) is 59.0. The molecule has 454 valence electrons. The zero-order valence-corrected chi connectivity index (χ0v) is 51.0. The second-order valence-corrected chi connectivity index (χ2v) is 25.6. The molecule has 0 radical (unpaired) electrons. The molecule has 13 rings (SSSR count). The maximum atomic E-state index is 16.9. The number of pyridine rings is 1. The van der Waals surface area contributed by atoms with Crippen molar-refractivity contribution in [2.75, 3.05) is 82.4 Å². The highest BCUT2D eigenvalue weighted by Crippen LogP contribution is 2.44. The van der Waals surface area contributed by atoms with E-state index in [9.17, 15) is 19.5 Å². The Morgan fingerprint density at radius 1 is 0.942 bits per heavy atom. The van der Waals surface area contributed by atoms with Crippen molar-refractivity contribution in [1.29, 1.82) is 0 Å². The highest BCUT2D eigenvalue weighted by Gasteiger charge is 2.50. The zero-order valence-electron chi connectivity index (χ0n) is 50.1. The van der Waals surface area contributed by atoms with Crippen molar-refractivity contribution in [3.8, 4) is 33.5 Å². The van der Waals surface area contributed by atoms with E-state index in [0.717, 1.165) is 141 Å². The largest absolute Gasteiger partial charge is 0.508 e. The molecule has 0 spiro atoms. The summed E-state index contributed by atoms with van der Waals surface area (Å²) < 4.78 is 34.2. The standard InChI is InChI=1S/C35H39FN6O4.C30H40N6O3S/c1-2-21-5-3-6-22-13-26(44)14-27(29(21)22)31-30(36)32-28(15-37-31)33(41-16-23-7-8-24(17-41)38-23)40-34(39-32)46-19-35-10-4-12-42(35)25(9-11-35)18-45-20-43;1-19(2)27(25-17-26(33-39-25)35-15-13-34(5)14-16-35)30(38)36-12-6-7-24(36)29(37)32-20(3)22-8-10-23(11-9-22)28-21(4)31-18-40-28/h3,5-6,13-15,20,23-25,38,44H,2,4,7-12,16-19H2,1H3;8-11,17-20,24,27H,6-7,12-16H2,1-5H3,(H,32,37). The molecule has 6 fully saturated rings. The van der Waals surface area contributed by atoms with E-state index in [1.54, 1.807) is 34.6 Å². The summed E-state index contributed by atoms with van der Waals surface area (Å²) in [7, 11) is 2.11. The number of thiazole rings is 1. The maximum Gasteiger partial charge on any atom is 0.319 e. The Hall–Kier alpha value is -7.33. The molecule has 10 heterocycles. The average molecular weight is 1190 g/mol. The number of phenolic OH excluding ortho intramolecular Hbond substituents is 1. The van der Waals surface area contributed by atoms with Crippen LogP contribution >= 0.6 is 11.3 Å². The minimum absolute atomic E-state index is 0.00437. The lowest BCUT2D eigenvalue weighted by Gasteiger charge is -2.35. The van der Waals surface area contributed by atoms with E-state index in [1.165, 1.54) is 0 Å². The lowest BCUT2D eigenvalue weighted by Crippen LogP contribution is -2.51. The number of aromatic hydroxyl groups is 1. The molecular weight excluding hydrogens is 1110 g/mol. The topological polar surface area (TPSA) is 208 Å². The Morgan fingerprint density at radius 3 is 2.47 bits per heavy atom. The van der Waals surface area contributed by atoms with Crippen molar-refractivity contribution in [2.24, 2.45) is 5.92 Å². The van der Waals surface area contributed by atoms with E-state index in [2.05, 4.69) is 71.5 Å². The fourth-order valence-corrected chi connectivity index (χ4v) is 15.1. The molecule has 7 aromatic rings. The van der Waals surface area contributed by atoms with Gasteiger partial charge in [-0.1, -0.05) is 68.4 Å². The molecule has 6 aliphatic rings. The quantitative estimate of drug-likeness (QED) is 0.0726. The summed E-state index contributed by atoms with van der Waals surface area (Å²) in [6.07, 6.45) is 9.93. The molecule has 6 saturated heterocycles. The van der Waals surface area contributed by atoms with Gasteiger partial charge in [-0.3, -0.25) is 24.3 Å². The third-order valence-corrected chi connectivity index (χ3v) is 19.9. The van der Waals surface area contributed by atoms with Crippen molar-refractivity contribution in [3.63, 3.8) is 0 Å². The van der Waals surface area contributed by atoms with Gasteiger partial charge in [0.25, 0.3) is 6.47 Å². The van der Waals surface area contributed by atoms with Crippen LogP contribution < -0.4 is 25.2 Å². The fourth-order valence-electron chi connectivity index (χ4n) is 14.3. The van der Waals surface area contributed by atoms with E-state index in [1.807, 2.05) is 69.6 Å². The first-order chi connectivity index (χ1) is 41.7. The number of hydrogen-bond donors (Lipinski definition) is 3. The second-order valence-electron chi connectivity index (χ2n) is 24.8. The molecule has 6 aliphatic heterocycles. The van der Waals surface area contributed by atoms with Gasteiger partial charge in [-0.05, 0) is 131 Å². The summed E-state index contributed by atoms with van der Waals surface area (Å²) in [5.74, 6) is 0.823. The maximum absolute atomic E-state index is 16.9. The van der Waals surface area contributed by atoms with Crippen LogP contribution in [-0.4, -0.2) is 166 Å². The molecule has 21 heteroatoms. The molecule has 0 aliphatic carbocycles. The summed E-state index contributed by atoms with van der Waals surface area (Å²) in [4.78, 5) is 68.9. The number of piperazine rings is 2. The van der Waals surface area contributed by atoms with Gasteiger partial charge in [0, 0.05) is 81.8 Å². The monoisotopic (exact) mass is 1190 g/mol. The van der Waals surface area contributed by atoms with Crippen LogP contribution in [0, 0.1) is 18.7 Å². The molecule has 2 bridgehead atoms. The Morgan fingerprint density at radius 2 is 1.73 bits per heavy atom. The number of nitrogens with zero attached hydrogens (tertiary/aromatic N) is 10. The third kappa shape index (κ3) is 11.8. The summed E-state index contributed by atoms with van der Waals surface area (Å²) in [6.45, 7) is 18.1. The molecular formula is C65H79FN12O7S. The molecule has 3 N–H and O–H groups in total. The van der Waals surface area contributed by atoms with Gasteiger partial charge in [-0.25, -0.2) is 9.37 Å². The van der Waals surface area contributed by atoms with Crippen LogP contribution in [0.3, 0.4) is 0 Å². The highest BCUT2D eigenvalue weighted by atomic mass is 32.1. The van der Waals surface area contributed by atoms with Crippen LogP contribution in [0.4, 0.5) is 16.0 Å². The number of rotatable bonds is 17. The van der Waals surface area contributed by atoms with Gasteiger partial charge in [-0.15, -0.1) is 11.3 Å². The first-order valence-electron chi connectivity index (χ1n) is 30.8. The summed E-state index contributed by atoms with van der Waals surface area (Å²) in [5, 5.41) is 24.0. The van der Waals surface area contributed by atoms with Crippen LogP contribution in [0.25, 0.3) is 43.4 Å². The molecule has 86 heavy (non-hydrogen) atoms. The zero-order chi connectivity index (χ0) is 59.8. The molecule has 0 saturated carbocycles. The Balaban J connectivity index is 0.000000170. The molecule has 3 aromatic carbocycles. The lowest BCUT2D eigenvalue weighted by atomic mass is 9.91. The number of phenols is 1. The predicted molar refractivity (Wildman–Crippen MR) is 330 cm³/mol. The van der Waals surface area contributed by atoms with Crippen LogP contribution in [0.2, 0.25) is 0 Å². The number of likely N-dealkylation sites (tertiary alicyclic amines) is 1. The second kappa shape index (κ2) is 25.2. The van der Waals surface area contributed by atoms with E-state index in [4.69, 9.17) is 24.0 Å². The minimum Gasteiger partial charge on any atom is -0.508 e. The normalized spacial score (nSPS) is 23.0. The number of fused-ring (bicyclic) bond motifs is 5. The number of benzene rings is 3. The van der Waals surface area contributed by atoms with Crippen molar-refractivity contribution < 1.29 is 37.9 Å². The van der Waals surface area contributed by atoms with Crippen molar-refractivity contribution in [3.05, 3.63) is 101 Å². The number of amides is 2. The summed E-state index contributed by atoms with van der Waals surface area (Å²) in [6, 6.07) is 19.7. The van der Waals surface area contributed by atoms with Crippen LogP contribution in [0.15, 0.2) is 76.9 Å². The van der Waals surface area contributed by atoms with Crippen molar-refractivity contribution in [2.45, 2.75) is 134 Å². The Bertz CT molecular complexity index is 3580. The van der Waals surface area contributed by atoms with Gasteiger partial charge in [0.2, 0.25) is 11.8 Å². The number of aromatic nitrogens is 5. The number of nitrogens with one attached hydrogen (secondary N) is 2. The van der Waals surface area contributed by atoms with E-state index >= 15 is 4.39 Å². The van der Waals surface area contributed by atoms with E-state index in [-0.39, 0.29) is 58.3 Å². The molecule has 4 aromatic heterocycles. The summed E-state index contributed by atoms with van der Waals surface area (Å²) >= 11 is 1.63. The van der Waals surface area contributed by atoms with Gasteiger partial charge in [-0.2, -0.15) is 9.97 Å². The van der Waals surface area contributed by atoms with Crippen LogP contribution in [0.5, 0.6) is 11.8 Å². The number of hydrogen-bond acceptors (Lipinski definition) is 18. The molecule has 19 nitrogen and oxygen atoms in total. The van der Waals surface area contributed by atoms with Gasteiger partial charge >= 0.3 is 6.01 Å². The van der Waals surface area contributed by atoms with Gasteiger partial charge < -0.3 is 49.3 Å². The number of carbonyl (C=O) groups is 3. The average Bonchev–Trinajstić information content (AvgIpc) is 1.49. The molecule has 7 unspecified atom stereocenters. The number of ether oxygens (including phenoxy) is 2. The first-order valence-corrected chi connectivity index (χ1v) is 31.7. The van der Waals surface area contributed by atoms with Gasteiger partial charge in [0.05, 0.1) is 33.0 Å². The number of anilines is 2. The molecule has 7 atom stereocenters. The Labute approximate surface area is 505 Å². The number of aryl methyl sites for hydroxylation is 2. The molecule has 2 amide bonds.